The Morgan fingerprint density at radius 1 is 1.53 bits per heavy atom. The molecule has 0 spiro atoms. The number of aryl methyl sites for hydroxylation is 2. The highest BCUT2D eigenvalue weighted by Gasteiger charge is 2.20. The molecule has 0 aromatic carbocycles. The zero-order chi connectivity index (χ0) is 12.8. The van der Waals surface area contributed by atoms with E-state index in [0.29, 0.717) is 12.2 Å². The quantitative estimate of drug-likeness (QED) is 0.781. The van der Waals surface area contributed by atoms with Crippen molar-refractivity contribution < 1.29 is 4.79 Å². The SMILES string of the molecule is CC.CCc1cnc2c(c1)CCC(N)C(=O)N2. The molecule has 1 amide bonds. The summed E-state index contributed by atoms with van der Waals surface area (Å²) in [5.41, 5.74) is 7.97. The van der Waals surface area contributed by atoms with Crippen LogP contribution in [-0.4, -0.2) is 16.9 Å². The van der Waals surface area contributed by atoms with Gasteiger partial charge in [-0.1, -0.05) is 26.8 Å². The third-order valence-electron chi connectivity index (χ3n) is 2.73. The molecule has 1 aliphatic rings. The molecule has 2 heterocycles. The summed E-state index contributed by atoms with van der Waals surface area (Å²) in [5, 5.41) is 2.75. The molecule has 0 saturated carbocycles. The molecule has 0 bridgehead atoms. The summed E-state index contributed by atoms with van der Waals surface area (Å²) in [6.45, 7) is 6.09. The number of nitrogens with two attached hydrogens (primary N) is 1. The lowest BCUT2D eigenvalue weighted by molar-refractivity contribution is -0.117. The molecular formula is C13H21N3O. The summed E-state index contributed by atoms with van der Waals surface area (Å²) in [5.74, 6) is 0.538. The van der Waals surface area contributed by atoms with Crippen LogP contribution in [0.2, 0.25) is 0 Å². The lowest BCUT2D eigenvalue weighted by atomic mass is 10.1. The summed E-state index contributed by atoms with van der Waals surface area (Å²) in [4.78, 5) is 15.7. The van der Waals surface area contributed by atoms with Crippen molar-refractivity contribution in [2.24, 2.45) is 5.73 Å². The lowest BCUT2D eigenvalue weighted by Gasteiger charge is -2.07. The first-order valence-corrected chi connectivity index (χ1v) is 6.25. The summed E-state index contributed by atoms with van der Waals surface area (Å²) in [6, 6.07) is 1.69. The minimum Gasteiger partial charge on any atom is -0.320 e. The Balaban J connectivity index is 0.000000686. The van der Waals surface area contributed by atoms with Gasteiger partial charge in [0.2, 0.25) is 5.91 Å². The third kappa shape index (κ3) is 3.27. The highest BCUT2D eigenvalue weighted by Crippen LogP contribution is 2.20. The van der Waals surface area contributed by atoms with Crippen molar-refractivity contribution >= 4 is 11.7 Å². The van der Waals surface area contributed by atoms with E-state index in [1.54, 1.807) is 6.20 Å². The van der Waals surface area contributed by atoms with Crippen LogP contribution in [0.5, 0.6) is 0 Å². The van der Waals surface area contributed by atoms with E-state index in [4.69, 9.17) is 5.73 Å². The predicted molar refractivity (Wildman–Crippen MR) is 69.9 cm³/mol. The Bertz CT molecular complexity index is 390. The van der Waals surface area contributed by atoms with E-state index < -0.39 is 6.04 Å². The molecule has 1 aliphatic heterocycles. The maximum Gasteiger partial charge on any atom is 0.242 e. The zero-order valence-corrected chi connectivity index (χ0v) is 10.8. The maximum atomic E-state index is 11.5. The van der Waals surface area contributed by atoms with Crippen LogP contribution in [0.1, 0.15) is 38.3 Å². The zero-order valence-electron chi connectivity index (χ0n) is 10.8. The Morgan fingerprint density at radius 2 is 2.24 bits per heavy atom. The molecule has 17 heavy (non-hydrogen) atoms. The standard InChI is InChI=1S/C11H15N3O.C2H6/c1-2-7-5-8-3-4-9(12)11(15)14-10(8)13-6-7;1-2/h5-6,9H,2-4,12H2,1H3,(H,13,14,15);1-2H3. The van der Waals surface area contributed by atoms with E-state index >= 15 is 0 Å². The van der Waals surface area contributed by atoms with Gasteiger partial charge in [0.05, 0.1) is 6.04 Å². The predicted octanol–water partition coefficient (Wildman–Crippen LogP) is 1.88. The van der Waals surface area contributed by atoms with Gasteiger partial charge in [-0.25, -0.2) is 4.98 Å². The summed E-state index contributed by atoms with van der Waals surface area (Å²) in [7, 11) is 0. The van der Waals surface area contributed by atoms with E-state index in [1.807, 2.05) is 13.8 Å². The Kier molecular flexibility index (Phi) is 5.10. The van der Waals surface area contributed by atoms with Crippen molar-refractivity contribution in [1.82, 2.24) is 4.98 Å². The van der Waals surface area contributed by atoms with Gasteiger partial charge in [-0.15, -0.1) is 0 Å². The number of pyridine rings is 1. The van der Waals surface area contributed by atoms with Gasteiger partial charge in [0.1, 0.15) is 5.82 Å². The van der Waals surface area contributed by atoms with E-state index in [0.717, 1.165) is 18.4 Å². The van der Waals surface area contributed by atoms with Gasteiger partial charge >= 0.3 is 0 Å². The minimum absolute atomic E-state index is 0.134. The van der Waals surface area contributed by atoms with E-state index in [2.05, 4.69) is 23.3 Å². The smallest absolute Gasteiger partial charge is 0.242 e. The van der Waals surface area contributed by atoms with Crippen molar-refractivity contribution in [3.05, 3.63) is 23.4 Å². The van der Waals surface area contributed by atoms with Gasteiger partial charge < -0.3 is 11.1 Å². The average Bonchev–Trinajstić information content (AvgIpc) is 2.52. The number of nitrogens with zero attached hydrogens (tertiary/aromatic N) is 1. The number of hydrogen-bond acceptors (Lipinski definition) is 3. The molecule has 2 rings (SSSR count). The Hall–Kier alpha value is -1.42. The van der Waals surface area contributed by atoms with Gasteiger partial charge in [0.25, 0.3) is 0 Å². The van der Waals surface area contributed by atoms with Crippen molar-refractivity contribution in [1.29, 1.82) is 0 Å². The van der Waals surface area contributed by atoms with Crippen molar-refractivity contribution in [2.75, 3.05) is 5.32 Å². The highest BCUT2D eigenvalue weighted by atomic mass is 16.2. The number of amides is 1. The van der Waals surface area contributed by atoms with Gasteiger partial charge in [-0.3, -0.25) is 4.79 Å². The van der Waals surface area contributed by atoms with Gasteiger partial charge in [0.15, 0.2) is 0 Å². The molecule has 1 aromatic rings. The minimum atomic E-state index is -0.413. The third-order valence-corrected chi connectivity index (χ3v) is 2.73. The van der Waals surface area contributed by atoms with E-state index in [-0.39, 0.29) is 5.91 Å². The van der Waals surface area contributed by atoms with Crippen LogP contribution in [0.3, 0.4) is 0 Å². The number of anilines is 1. The number of carbonyl (C=O) groups excluding carboxylic acids is 1. The molecule has 94 valence electrons. The topological polar surface area (TPSA) is 68.0 Å². The van der Waals surface area contributed by atoms with Crippen molar-refractivity contribution in [3.8, 4) is 0 Å². The molecule has 0 radical (unpaired) electrons. The van der Waals surface area contributed by atoms with E-state index in [9.17, 15) is 4.79 Å². The molecule has 0 saturated heterocycles. The second kappa shape index (κ2) is 6.35. The molecular weight excluding hydrogens is 214 g/mol. The van der Waals surface area contributed by atoms with Crippen LogP contribution < -0.4 is 11.1 Å². The number of carbonyl (C=O) groups is 1. The number of nitrogens with one attached hydrogen (secondary N) is 1. The Morgan fingerprint density at radius 3 is 2.88 bits per heavy atom. The molecule has 1 atom stereocenters. The summed E-state index contributed by atoms with van der Waals surface area (Å²) >= 11 is 0. The Labute approximate surface area is 103 Å². The highest BCUT2D eigenvalue weighted by molar-refractivity contribution is 5.95. The maximum absolute atomic E-state index is 11.5. The van der Waals surface area contributed by atoms with Crippen molar-refractivity contribution in [3.63, 3.8) is 0 Å². The molecule has 1 unspecified atom stereocenters. The van der Waals surface area contributed by atoms with Crippen LogP contribution >= 0.6 is 0 Å². The first kappa shape index (κ1) is 13.6. The van der Waals surface area contributed by atoms with Crippen LogP contribution in [0.25, 0.3) is 0 Å². The van der Waals surface area contributed by atoms with E-state index in [1.165, 1.54) is 5.56 Å². The van der Waals surface area contributed by atoms with Crippen molar-refractivity contribution in [2.45, 2.75) is 46.1 Å². The van der Waals surface area contributed by atoms with Gasteiger partial charge in [-0.2, -0.15) is 0 Å². The normalized spacial score (nSPS) is 18.4. The fourth-order valence-corrected chi connectivity index (χ4v) is 1.71. The fourth-order valence-electron chi connectivity index (χ4n) is 1.71. The van der Waals surface area contributed by atoms with Gasteiger partial charge in [-0.05, 0) is 30.4 Å². The van der Waals surface area contributed by atoms with Crippen LogP contribution in [-0.2, 0) is 17.6 Å². The lowest BCUT2D eigenvalue weighted by Crippen LogP contribution is -2.34. The molecule has 4 nitrogen and oxygen atoms in total. The largest absolute Gasteiger partial charge is 0.320 e. The molecule has 4 heteroatoms. The van der Waals surface area contributed by atoms with Crippen LogP contribution in [0.4, 0.5) is 5.82 Å². The monoisotopic (exact) mass is 235 g/mol. The number of rotatable bonds is 1. The van der Waals surface area contributed by atoms with Crippen LogP contribution in [0.15, 0.2) is 12.3 Å². The second-order valence-corrected chi connectivity index (χ2v) is 3.84. The summed E-state index contributed by atoms with van der Waals surface area (Å²) in [6.07, 6.45) is 4.26. The van der Waals surface area contributed by atoms with Crippen LogP contribution in [0, 0.1) is 0 Å². The number of hydrogen-bond donors (Lipinski definition) is 2. The molecule has 3 N–H and O–H groups in total. The first-order chi connectivity index (χ1) is 8.20. The second-order valence-electron chi connectivity index (χ2n) is 3.84. The number of fused-ring (bicyclic) bond motifs is 1. The fraction of sp³-hybridized carbons (Fsp3) is 0.538. The average molecular weight is 235 g/mol. The first-order valence-electron chi connectivity index (χ1n) is 6.25. The number of aromatic nitrogens is 1. The molecule has 1 aromatic heterocycles. The summed E-state index contributed by atoms with van der Waals surface area (Å²) < 4.78 is 0. The van der Waals surface area contributed by atoms with Gasteiger partial charge in [0, 0.05) is 6.20 Å². The molecule has 0 fully saturated rings. The molecule has 0 aliphatic carbocycles.